The molecule has 0 unspecified atom stereocenters. The van der Waals surface area contributed by atoms with Gasteiger partial charge in [0.25, 0.3) is 0 Å². The minimum atomic E-state index is -0.272. The van der Waals surface area contributed by atoms with Crippen LogP contribution in [0.15, 0.2) is 261 Å². The molecule has 14 rings (SSSR count). The summed E-state index contributed by atoms with van der Waals surface area (Å²) in [7, 11) is 0. The Hall–Kier alpha value is -9.18. The molecule has 0 saturated heterocycles. The fourth-order valence-corrected chi connectivity index (χ4v) is 12.0. The average Bonchev–Trinajstić information content (AvgIpc) is 4.05. The number of rotatable bonds is 8. The number of hydrogen-bond acceptors (Lipinski definition) is 1. The second kappa shape index (κ2) is 16.5. The molecule has 0 spiro atoms. The molecule has 11 aromatic carbocycles. The molecule has 72 heavy (non-hydrogen) atoms. The molecular weight excluding hydrogens is 871 g/mol. The van der Waals surface area contributed by atoms with Gasteiger partial charge in [0.05, 0.1) is 22.2 Å². The zero-order valence-corrected chi connectivity index (χ0v) is 40.2. The predicted molar refractivity (Wildman–Crippen MR) is 304 cm³/mol. The number of anilines is 3. The lowest BCUT2D eigenvalue weighted by Crippen LogP contribution is -2.16. The van der Waals surface area contributed by atoms with Crippen molar-refractivity contribution in [3.63, 3.8) is 0 Å². The third-order valence-electron chi connectivity index (χ3n) is 15.3. The molecule has 340 valence electrons. The Morgan fingerprint density at radius 2 is 0.806 bits per heavy atom. The molecule has 1 aliphatic rings. The monoisotopic (exact) mass is 919 g/mol. The summed E-state index contributed by atoms with van der Waals surface area (Å²) in [6, 6.07) is 95.8. The molecule has 0 aliphatic heterocycles. The van der Waals surface area contributed by atoms with Gasteiger partial charge in [0.2, 0.25) is 0 Å². The maximum atomic E-state index is 2.50. The highest BCUT2D eigenvalue weighted by atomic mass is 15.1. The van der Waals surface area contributed by atoms with Gasteiger partial charge in [0.15, 0.2) is 0 Å². The number of benzene rings is 11. The zero-order chi connectivity index (χ0) is 47.9. The lowest BCUT2D eigenvalue weighted by Gasteiger charge is -2.28. The summed E-state index contributed by atoms with van der Waals surface area (Å²) >= 11 is 0. The first kappa shape index (κ1) is 41.8. The Labute approximate surface area is 419 Å². The van der Waals surface area contributed by atoms with Gasteiger partial charge in [-0.3, -0.25) is 0 Å². The smallest absolute Gasteiger partial charge is 0.0620 e. The predicted octanol–water partition coefficient (Wildman–Crippen LogP) is 18.7. The van der Waals surface area contributed by atoms with E-state index in [1.165, 1.54) is 99.2 Å². The lowest BCUT2D eigenvalue weighted by atomic mass is 9.81. The van der Waals surface area contributed by atoms with Crippen LogP contribution in [0.5, 0.6) is 0 Å². The van der Waals surface area contributed by atoms with Crippen LogP contribution >= 0.6 is 0 Å². The summed E-state index contributed by atoms with van der Waals surface area (Å²) in [5, 5.41) is 6.22. The van der Waals surface area contributed by atoms with E-state index in [0.29, 0.717) is 0 Å². The van der Waals surface area contributed by atoms with Gasteiger partial charge in [0.1, 0.15) is 0 Å². The highest BCUT2D eigenvalue weighted by Crippen LogP contribution is 2.53. The molecule has 0 N–H and O–H groups in total. The summed E-state index contributed by atoms with van der Waals surface area (Å²) in [5.74, 6) is 0. The van der Waals surface area contributed by atoms with Crippen LogP contribution in [0.4, 0.5) is 17.1 Å². The Bertz CT molecular complexity index is 4150. The van der Waals surface area contributed by atoms with Crippen LogP contribution in [0.3, 0.4) is 0 Å². The molecule has 0 amide bonds. The van der Waals surface area contributed by atoms with Crippen LogP contribution in [-0.4, -0.2) is 9.13 Å². The second-order valence-corrected chi connectivity index (χ2v) is 19.7. The number of aromatic nitrogens is 2. The van der Waals surface area contributed by atoms with Gasteiger partial charge in [0, 0.05) is 61.0 Å². The van der Waals surface area contributed by atoms with Crippen LogP contribution < -0.4 is 4.90 Å². The van der Waals surface area contributed by atoms with E-state index < -0.39 is 0 Å². The van der Waals surface area contributed by atoms with Crippen LogP contribution in [-0.2, 0) is 5.41 Å². The summed E-state index contributed by atoms with van der Waals surface area (Å²) < 4.78 is 4.88. The lowest BCUT2D eigenvalue weighted by molar-refractivity contribution is 0.660. The Morgan fingerprint density at radius 1 is 0.319 bits per heavy atom. The third-order valence-corrected chi connectivity index (χ3v) is 15.3. The molecule has 2 aromatic heterocycles. The van der Waals surface area contributed by atoms with Crippen LogP contribution in [0.2, 0.25) is 0 Å². The quantitative estimate of drug-likeness (QED) is 0.148. The minimum Gasteiger partial charge on any atom is -0.310 e. The summed E-state index contributed by atoms with van der Waals surface area (Å²) in [6.45, 7) is 4.80. The Morgan fingerprint density at radius 3 is 1.46 bits per heavy atom. The van der Waals surface area contributed by atoms with E-state index in [1.807, 2.05) is 0 Å². The van der Waals surface area contributed by atoms with Crippen molar-refractivity contribution in [2.45, 2.75) is 19.3 Å². The second-order valence-electron chi connectivity index (χ2n) is 19.7. The van der Waals surface area contributed by atoms with Gasteiger partial charge in [-0.25, -0.2) is 0 Å². The van der Waals surface area contributed by atoms with Crippen molar-refractivity contribution in [1.82, 2.24) is 9.13 Å². The van der Waals surface area contributed by atoms with E-state index in [4.69, 9.17) is 0 Å². The van der Waals surface area contributed by atoms with Crippen LogP contribution in [0, 0.1) is 0 Å². The van der Waals surface area contributed by atoms with Crippen molar-refractivity contribution in [2.75, 3.05) is 4.90 Å². The number of hydrogen-bond donors (Lipinski definition) is 0. The van der Waals surface area contributed by atoms with Crippen molar-refractivity contribution >= 4 is 60.5 Å². The first-order valence-corrected chi connectivity index (χ1v) is 25.0. The zero-order valence-electron chi connectivity index (χ0n) is 40.2. The Kier molecular flexibility index (Phi) is 9.56. The molecular formula is C69H49N3. The van der Waals surface area contributed by atoms with Crippen LogP contribution in [0.1, 0.15) is 25.0 Å². The fourth-order valence-electron chi connectivity index (χ4n) is 12.0. The summed E-state index contributed by atoms with van der Waals surface area (Å²) in [6.07, 6.45) is 0. The van der Waals surface area contributed by atoms with Crippen molar-refractivity contribution in [2.24, 2.45) is 0 Å². The SMILES string of the molecule is CC1(C)c2cc(-c3cc4c(-c5ccccc5)c(-c5ccccc5)n(-c5ccccc5)c4c4ccccc34)ccc2-c2ccc(N(c3ccccc3)c3ccc(-n4c5ccccc5c5ccccc54)cc3)cc21. The van der Waals surface area contributed by atoms with Crippen LogP contribution in [0.25, 0.3) is 99.5 Å². The molecule has 0 atom stereocenters. The summed E-state index contributed by atoms with van der Waals surface area (Å²) in [4.78, 5) is 2.40. The number of nitrogens with zero attached hydrogens (tertiary/aromatic N) is 3. The van der Waals surface area contributed by atoms with E-state index in [1.54, 1.807) is 0 Å². The van der Waals surface area contributed by atoms with Gasteiger partial charge in [-0.2, -0.15) is 0 Å². The first-order chi connectivity index (χ1) is 35.5. The van der Waals surface area contributed by atoms with Gasteiger partial charge in [-0.1, -0.05) is 190 Å². The molecule has 3 nitrogen and oxygen atoms in total. The molecule has 0 fully saturated rings. The minimum absolute atomic E-state index is 0.272. The largest absolute Gasteiger partial charge is 0.310 e. The van der Waals surface area contributed by atoms with Gasteiger partial charge >= 0.3 is 0 Å². The summed E-state index contributed by atoms with van der Waals surface area (Å²) in [5.41, 5.74) is 21.5. The molecule has 0 radical (unpaired) electrons. The van der Waals surface area contributed by atoms with Crippen molar-refractivity contribution in [3.05, 3.63) is 272 Å². The van der Waals surface area contributed by atoms with Crippen molar-refractivity contribution in [1.29, 1.82) is 0 Å². The fraction of sp³-hybridized carbons (Fsp3) is 0.0435. The molecule has 3 heteroatoms. The van der Waals surface area contributed by atoms with Crippen molar-refractivity contribution in [3.8, 4) is 56.0 Å². The van der Waals surface area contributed by atoms with Crippen molar-refractivity contribution < 1.29 is 0 Å². The van der Waals surface area contributed by atoms with E-state index in [0.717, 1.165) is 28.4 Å². The highest BCUT2D eigenvalue weighted by molar-refractivity contribution is 6.20. The highest BCUT2D eigenvalue weighted by Gasteiger charge is 2.37. The topological polar surface area (TPSA) is 13.1 Å². The van der Waals surface area contributed by atoms with Gasteiger partial charge in [-0.15, -0.1) is 0 Å². The van der Waals surface area contributed by atoms with E-state index >= 15 is 0 Å². The molecule has 13 aromatic rings. The van der Waals surface area contributed by atoms with E-state index in [-0.39, 0.29) is 5.41 Å². The number of para-hydroxylation sites is 4. The molecule has 2 heterocycles. The molecule has 0 bridgehead atoms. The van der Waals surface area contributed by atoms with E-state index in [2.05, 4.69) is 289 Å². The van der Waals surface area contributed by atoms with Gasteiger partial charge in [-0.05, 0) is 135 Å². The van der Waals surface area contributed by atoms with E-state index in [9.17, 15) is 0 Å². The maximum Gasteiger partial charge on any atom is 0.0620 e. The first-order valence-electron chi connectivity index (χ1n) is 25.0. The Balaban J connectivity index is 0.906. The van der Waals surface area contributed by atoms with Gasteiger partial charge < -0.3 is 14.0 Å². The molecule has 0 saturated carbocycles. The number of fused-ring (bicyclic) bond motifs is 9. The average molecular weight is 920 g/mol. The third kappa shape index (κ3) is 6.44. The molecule has 1 aliphatic carbocycles. The normalized spacial score (nSPS) is 12.7. The standard InChI is InChI=1S/C69H49N3/c1-69(2)62-43-48(60-45-61-66(46-21-7-3-8-22-46)67(47-23-9-4-10-24-47)72(50-27-13-6-14-28-50)68(61)59-32-16-15-29-54(59)60)35-41-55(62)56-42-40-53(44-63(56)69)70(49-25-11-5-12-26-49)51-36-38-52(39-37-51)71-64-33-19-17-30-57(64)58-31-18-20-34-65(58)71/h3-45H,1-2H3. The maximum absolute atomic E-state index is 2.50.